The van der Waals surface area contributed by atoms with E-state index in [9.17, 15) is 4.79 Å². The highest BCUT2D eigenvalue weighted by molar-refractivity contribution is 5.57. The second kappa shape index (κ2) is 3.04. The zero-order valence-electron chi connectivity index (χ0n) is 8.42. The van der Waals surface area contributed by atoms with Crippen molar-refractivity contribution in [3.63, 3.8) is 0 Å². The number of hydrogen-bond acceptors (Lipinski definition) is 1. The van der Waals surface area contributed by atoms with E-state index >= 15 is 0 Å². The molecular formula is C11H18O. The normalized spacial score (nSPS) is 34.2. The van der Waals surface area contributed by atoms with E-state index in [1.54, 1.807) is 0 Å². The molecule has 0 aliphatic heterocycles. The second-order valence-electron chi connectivity index (χ2n) is 4.48. The largest absolute Gasteiger partial charge is 0.303 e. The van der Waals surface area contributed by atoms with Crippen LogP contribution in [-0.4, -0.2) is 6.29 Å². The highest BCUT2D eigenvalue weighted by atomic mass is 16.1. The van der Waals surface area contributed by atoms with Crippen LogP contribution in [0.4, 0.5) is 0 Å². The molecule has 0 heterocycles. The first-order chi connectivity index (χ1) is 5.50. The van der Waals surface area contributed by atoms with Crippen LogP contribution in [0.5, 0.6) is 0 Å². The van der Waals surface area contributed by atoms with E-state index in [-0.39, 0.29) is 11.3 Å². The first kappa shape index (κ1) is 9.50. The topological polar surface area (TPSA) is 17.1 Å². The highest BCUT2D eigenvalue weighted by Crippen LogP contribution is 2.42. The number of aldehydes is 1. The van der Waals surface area contributed by atoms with Gasteiger partial charge in [-0.05, 0) is 24.7 Å². The fourth-order valence-electron chi connectivity index (χ4n) is 2.05. The molecule has 0 radical (unpaired) electrons. The Morgan fingerprint density at radius 3 is 2.58 bits per heavy atom. The van der Waals surface area contributed by atoms with Gasteiger partial charge >= 0.3 is 0 Å². The maximum Gasteiger partial charge on any atom is 0.124 e. The zero-order chi connectivity index (χ0) is 9.35. The fraction of sp³-hybridized carbons (Fsp3) is 0.727. The summed E-state index contributed by atoms with van der Waals surface area (Å²) in [6.45, 7) is 8.60. The van der Waals surface area contributed by atoms with Crippen molar-refractivity contribution in [2.45, 2.75) is 34.1 Å². The summed E-state index contributed by atoms with van der Waals surface area (Å²) in [6, 6.07) is 0. The molecule has 0 N–H and O–H groups in total. The molecule has 0 saturated heterocycles. The van der Waals surface area contributed by atoms with E-state index < -0.39 is 0 Å². The molecule has 1 heteroatoms. The third-order valence-electron chi connectivity index (χ3n) is 3.41. The Morgan fingerprint density at radius 2 is 2.17 bits per heavy atom. The van der Waals surface area contributed by atoms with Gasteiger partial charge in [-0.25, -0.2) is 0 Å². The average molecular weight is 166 g/mol. The molecule has 0 aromatic carbocycles. The minimum Gasteiger partial charge on any atom is -0.303 e. The summed E-state index contributed by atoms with van der Waals surface area (Å²) in [5.41, 5.74) is 1.43. The number of allylic oxidation sites excluding steroid dienone is 2. The van der Waals surface area contributed by atoms with Gasteiger partial charge in [0.15, 0.2) is 0 Å². The average Bonchev–Trinajstić information content (AvgIpc) is 1.98. The molecule has 0 bridgehead atoms. The van der Waals surface area contributed by atoms with Crippen LogP contribution >= 0.6 is 0 Å². The monoisotopic (exact) mass is 166 g/mol. The summed E-state index contributed by atoms with van der Waals surface area (Å²) in [6.07, 6.45) is 4.45. The summed E-state index contributed by atoms with van der Waals surface area (Å²) in [5.74, 6) is 0.698. The van der Waals surface area contributed by atoms with Crippen LogP contribution in [0.1, 0.15) is 34.1 Å². The molecule has 0 aromatic rings. The predicted molar refractivity (Wildman–Crippen MR) is 50.9 cm³/mol. The fourth-order valence-corrected chi connectivity index (χ4v) is 2.05. The van der Waals surface area contributed by atoms with Crippen LogP contribution < -0.4 is 0 Å². The van der Waals surface area contributed by atoms with Crippen molar-refractivity contribution < 1.29 is 4.79 Å². The Kier molecular flexibility index (Phi) is 2.41. The van der Waals surface area contributed by atoms with Gasteiger partial charge in [0.05, 0.1) is 0 Å². The van der Waals surface area contributed by atoms with Crippen molar-refractivity contribution in [1.29, 1.82) is 0 Å². The first-order valence-electron chi connectivity index (χ1n) is 4.62. The first-order valence-corrected chi connectivity index (χ1v) is 4.62. The Morgan fingerprint density at radius 1 is 1.58 bits per heavy atom. The van der Waals surface area contributed by atoms with E-state index in [2.05, 4.69) is 33.8 Å². The van der Waals surface area contributed by atoms with Gasteiger partial charge in [-0.3, -0.25) is 0 Å². The molecule has 0 fully saturated rings. The van der Waals surface area contributed by atoms with Crippen LogP contribution in [0.15, 0.2) is 11.6 Å². The molecule has 1 aliphatic carbocycles. The number of hydrogen-bond donors (Lipinski definition) is 0. The van der Waals surface area contributed by atoms with E-state index in [1.165, 1.54) is 5.57 Å². The van der Waals surface area contributed by atoms with E-state index in [0.717, 1.165) is 12.7 Å². The van der Waals surface area contributed by atoms with Gasteiger partial charge in [0.1, 0.15) is 6.29 Å². The lowest BCUT2D eigenvalue weighted by atomic mass is 9.64. The van der Waals surface area contributed by atoms with E-state index in [0.29, 0.717) is 5.92 Å². The Labute approximate surface area is 74.9 Å². The van der Waals surface area contributed by atoms with Gasteiger partial charge < -0.3 is 4.79 Å². The van der Waals surface area contributed by atoms with E-state index in [1.807, 2.05) is 0 Å². The second-order valence-corrected chi connectivity index (χ2v) is 4.48. The Hall–Kier alpha value is -0.590. The molecule has 68 valence electrons. The molecule has 1 aliphatic rings. The van der Waals surface area contributed by atoms with Crippen LogP contribution in [0.3, 0.4) is 0 Å². The van der Waals surface area contributed by atoms with Gasteiger partial charge in [-0.2, -0.15) is 0 Å². The summed E-state index contributed by atoms with van der Waals surface area (Å²) in [5, 5.41) is 0. The number of rotatable bonds is 1. The van der Waals surface area contributed by atoms with Gasteiger partial charge in [-0.1, -0.05) is 32.4 Å². The Balaban J connectivity index is 2.99. The molecule has 2 unspecified atom stereocenters. The molecule has 0 spiro atoms. The molecule has 0 saturated carbocycles. The van der Waals surface area contributed by atoms with Gasteiger partial charge in [0.2, 0.25) is 0 Å². The quantitative estimate of drug-likeness (QED) is 0.432. The molecule has 0 amide bonds. The lowest BCUT2D eigenvalue weighted by Gasteiger charge is -2.39. The highest BCUT2D eigenvalue weighted by Gasteiger charge is 2.36. The van der Waals surface area contributed by atoms with Crippen molar-refractivity contribution >= 4 is 6.29 Å². The number of carbonyl (C=O) groups excluding carboxylic acids is 1. The zero-order valence-corrected chi connectivity index (χ0v) is 8.42. The van der Waals surface area contributed by atoms with Crippen molar-refractivity contribution in [2.75, 3.05) is 0 Å². The minimum atomic E-state index is 0.0689. The summed E-state index contributed by atoms with van der Waals surface area (Å²) in [7, 11) is 0. The van der Waals surface area contributed by atoms with Crippen molar-refractivity contribution in [1.82, 2.24) is 0 Å². The maximum atomic E-state index is 10.9. The smallest absolute Gasteiger partial charge is 0.124 e. The van der Waals surface area contributed by atoms with Crippen LogP contribution in [0, 0.1) is 17.3 Å². The van der Waals surface area contributed by atoms with Crippen molar-refractivity contribution in [3.05, 3.63) is 11.6 Å². The van der Waals surface area contributed by atoms with Crippen LogP contribution in [0.25, 0.3) is 0 Å². The van der Waals surface area contributed by atoms with Crippen molar-refractivity contribution in [2.24, 2.45) is 17.3 Å². The summed E-state index contributed by atoms with van der Waals surface area (Å²) < 4.78 is 0. The third-order valence-corrected chi connectivity index (χ3v) is 3.41. The predicted octanol–water partition coefficient (Wildman–Crippen LogP) is 2.81. The molecule has 2 atom stereocenters. The summed E-state index contributed by atoms with van der Waals surface area (Å²) >= 11 is 0. The van der Waals surface area contributed by atoms with Crippen molar-refractivity contribution in [3.8, 4) is 0 Å². The van der Waals surface area contributed by atoms with E-state index in [4.69, 9.17) is 0 Å². The lowest BCUT2D eigenvalue weighted by molar-refractivity contribution is -0.115. The van der Waals surface area contributed by atoms with Gasteiger partial charge in [0.25, 0.3) is 0 Å². The van der Waals surface area contributed by atoms with Gasteiger partial charge in [-0.15, -0.1) is 0 Å². The van der Waals surface area contributed by atoms with Gasteiger partial charge in [0, 0.05) is 5.92 Å². The molecule has 1 nitrogen and oxygen atoms in total. The SMILES string of the molecule is CC1=CCC(C)C(C=O)C1(C)C. The Bertz CT molecular complexity index is 213. The summed E-state index contributed by atoms with van der Waals surface area (Å²) in [4.78, 5) is 10.9. The molecule has 1 rings (SSSR count). The number of carbonyl (C=O) groups is 1. The molecule has 12 heavy (non-hydrogen) atoms. The van der Waals surface area contributed by atoms with Crippen LogP contribution in [0.2, 0.25) is 0 Å². The molecule has 0 aromatic heterocycles. The third kappa shape index (κ3) is 1.33. The lowest BCUT2D eigenvalue weighted by Crippen LogP contribution is -2.34. The standard InChI is InChI=1S/C11H18O/c1-8-5-6-9(2)11(3,4)10(8)7-12/h6-8,10H,5H2,1-4H3. The minimum absolute atomic E-state index is 0.0689. The maximum absolute atomic E-state index is 10.9. The molecular weight excluding hydrogens is 148 g/mol. The van der Waals surface area contributed by atoms with Crippen LogP contribution in [-0.2, 0) is 4.79 Å².